The van der Waals surface area contributed by atoms with Crippen LogP contribution in [0.3, 0.4) is 0 Å². The molecular weight excluding hydrogens is 300 g/mol. The monoisotopic (exact) mass is 326 g/mol. The van der Waals surface area contributed by atoms with Crippen molar-refractivity contribution in [1.82, 2.24) is 9.88 Å². The van der Waals surface area contributed by atoms with E-state index in [0.29, 0.717) is 12.6 Å². The number of carboxylic acid groups (broad SMARTS) is 1. The summed E-state index contributed by atoms with van der Waals surface area (Å²) in [5.74, 6) is -0.883. The van der Waals surface area contributed by atoms with Gasteiger partial charge in [0.1, 0.15) is 0 Å². The molecule has 1 aliphatic heterocycles. The minimum atomic E-state index is -0.654. The molecular formula is C20H26N2O2. The third-order valence-electron chi connectivity index (χ3n) is 5.12. The molecule has 4 nitrogen and oxygen atoms in total. The molecule has 24 heavy (non-hydrogen) atoms. The Kier molecular flexibility index (Phi) is 5.46. The minimum absolute atomic E-state index is 0.229. The summed E-state index contributed by atoms with van der Waals surface area (Å²) in [5.41, 5.74) is 1.30. The molecule has 0 saturated carbocycles. The SMILES string of the molecule is CCCCC(c1ccc2cnccc2c1)N1CCCC(C(=O)O)C1. The molecule has 4 heteroatoms. The summed E-state index contributed by atoms with van der Waals surface area (Å²) < 4.78 is 0. The number of aliphatic carboxylic acids is 1. The van der Waals surface area contributed by atoms with Crippen LogP contribution in [0.2, 0.25) is 0 Å². The number of hydrogen-bond donors (Lipinski definition) is 1. The lowest BCUT2D eigenvalue weighted by Crippen LogP contribution is -2.40. The first-order valence-corrected chi connectivity index (χ1v) is 8.99. The van der Waals surface area contributed by atoms with Crippen LogP contribution in [-0.2, 0) is 4.79 Å². The molecule has 1 aromatic heterocycles. The highest BCUT2D eigenvalue weighted by Crippen LogP contribution is 2.32. The van der Waals surface area contributed by atoms with E-state index in [1.165, 1.54) is 10.9 Å². The fourth-order valence-corrected chi connectivity index (χ4v) is 3.76. The average molecular weight is 326 g/mol. The van der Waals surface area contributed by atoms with Gasteiger partial charge < -0.3 is 5.11 Å². The molecule has 0 amide bonds. The molecule has 2 aromatic rings. The second kappa shape index (κ2) is 7.75. The van der Waals surface area contributed by atoms with E-state index in [0.717, 1.165) is 44.0 Å². The summed E-state index contributed by atoms with van der Waals surface area (Å²) in [5, 5.41) is 11.7. The van der Waals surface area contributed by atoms with Crippen LogP contribution in [0.25, 0.3) is 10.8 Å². The van der Waals surface area contributed by atoms with Gasteiger partial charge in [-0.25, -0.2) is 0 Å². The third kappa shape index (κ3) is 3.75. The van der Waals surface area contributed by atoms with E-state index < -0.39 is 5.97 Å². The Morgan fingerprint density at radius 1 is 1.38 bits per heavy atom. The maximum absolute atomic E-state index is 11.4. The van der Waals surface area contributed by atoms with Crippen LogP contribution in [-0.4, -0.2) is 34.0 Å². The van der Waals surface area contributed by atoms with Crippen LogP contribution in [0.1, 0.15) is 50.6 Å². The van der Waals surface area contributed by atoms with Crippen molar-refractivity contribution in [2.45, 2.75) is 45.1 Å². The van der Waals surface area contributed by atoms with Crippen molar-refractivity contribution >= 4 is 16.7 Å². The number of hydrogen-bond acceptors (Lipinski definition) is 3. The molecule has 2 atom stereocenters. The number of rotatable bonds is 6. The van der Waals surface area contributed by atoms with Crippen molar-refractivity contribution in [2.24, 2.45) is 5.92 Å². The molecule has 0 aliphatic carbocycles. The number of aromatic nitrogens is 1. The number of carboxylic acids is 1. The summed E-state index contributed by atoms with van der Waals surface area (Å²) in [6.07, 6.45) is 8.89. The predicted octanol–water partition coefficient (Wildman–Crippen LogP) is 4.26. The van der Waals surface area contributed by atoms with Crippen molar-refractivity contribution in [1.29, 1.82) is 0 Å². The smallest absolute Gasteiger partial charge is 0.307 e. The molecule has 1 N–H and O–H groups in total. The van der Waals surface area contributed by atoms with Gasteiger partial charge in [-0.3, -0.25) is 14.7 Å². The molecule has 1 aromatic carbocycles. The van der Waals surface area contributed by atoms with Gasteiger partial charge >= 0.3 is 5.97 Å². The highest BCUT2D eigenvalue weighted by Gasteiger charge is 2.30. The predicted molar refractivity (Wildman–Crippen MR) is 95.9 cm³/mol. The van der Waals surface area contributed by atoms with Gasteiger partial charge in [-0.15, -0.1) is 0 Å². The molecule has 128 valence electrons. The van der Waals surface area contributed by atoms with Gasteiger partial charge in [-0.1, -0.05) is 31.9 Å². The summed E-state index contributed by atoms with van der Waals surface area (Å²) in [4.78, 5) is 18.0. The van der Waals surface area contributed by atoms with Crippen LogP contribution >= 0.6 is 0 Å². The van der Waals surface area contributed by atoms with Crippen LogP contribution in [0, 0.1) is 5.92 Å². The highest BCUT2D eigenvalue weighted by atomic mass is 16.4. The van der Waals surface area contributed by atoms with Gasteiger partial charge in [0.2, 0.25) is 0 Å². The Morgan fingerprint density at radius 2 is 2.25 bits per heavy atom. The number of benzene rings is 1. The van der Waals surface area contributed by atoms with Gasteiger partial charge in [0, 0.05) is 30.4 Å². The first-order chi connectivity index (χ1) is 11.7. The van der Waals surface area contributed by atoms with Crippen molar-refractivity contribution in [3.05, 3.63) is 42.2 Å². The first-order valence-electron chi connectivity index (χ1n) is 8.99. The Morgan fingerprint density at radius 3 is 3.04 bits per heavy atom. The zero-order valence-corrected chi connectivity index (χ0v) is 14.3. The van der Waals surface area contributed by atoms with Gasteiger partial charge in [0.15, 0.2) is 0 Å². The van der Waals surface area contributed by atoms with E-state index in [1.807, 2.05) is 18.5 Å². The van der Waals surface area contributed by atoms with Gasteiger partial charge in [-0.2, -0.15) is 0 Å². The number of pyridine rings is 1. The maximum Gasteiger partial charge on any atom is 0.307 e. The maximum atomic E-state index is 11.4. The van der Waals surface area contributed by atoms with Crippen molar-refractivity contribution in [3.63, 3.8) is 0 Å². The van der Waals surface area contributed by atoms with E-state index in [2.05, 4.69) is 35.0 Å². The quantitative estimate of drug-likeness (QED) is 0.861. The van der Waals surface area contributed by atoms with E-state index in [9.17, 15) is 9.90 Å². The number of nitrogens with zero attached hydrogens (tertiary/aromatic N) is 2. The van der Waals surface area contributed by atoms with Crippen LogP contribution in [0.5, 0.6) is 0 Å². The normalized spacial score (nSPS) is 20.1. The Bertz CT molecular complexity index is 701. The molecule has 2 unspecified atom stereocenters. The zero-order valence-electron chi connectivity index (χ0n) is 14.3. The fourth-order valence-electron chi connectivity index (χ4n) is 3.76. The average Bonchev–Trinajstić information content (AvgIpc) is 2.62. The third-order valence-corrected chi connectivity index (χ3v) is 5.12. The molecule has 1 fully saturated rings. The molecule has 0 bridgehead atoms. The molecule has 1 aliphatic rings. The van der Waals surface area contributed by atoms with E-state index in [-0.39, 0.29) is 5.92 Å². The first kappa shape index (κ1) is 16.9. The summed E-state index contributed by atoms with van der Waals surface area (Å²) in [7, 11) is 0. The lowest BCUT2D eigenvalue weighted by atomic mass is 9.92. The molecule has 3 rings (SSSR count). The van der Waals surface area contributed by atoms with Gasteiger partial charge in [-0.05, 0) is 48.9 Å². The highest BCUT2D eigenvalue weighted by molar-refractivity contribution is 5.82. The second-order valence-electron chi connectivity index (χ2n) is 6.81. The van der Waals surface area contributed by atoms with Gasteiger partial charge in [0.05, 0.1) is 5.92 Å². The zero-order chi connectivity index (χ0) is 16.9. The summed E-state index contributed by atoms with van der Waals surface area (Å²) in [6, 6.07) is 8.93. The number of fused-ring (bicyclic) bond motifs is 1. The van der Waals surface area contributed by atoms with Crippen molar-refractivity contribution in [3.8, 4) is 0 Å². The van der Waals surface area contributed by atoms with Crippen LogP contribution in [0.4, 0.5) is 0 Å². The molecule has 2 heterocycles. The summed E-state index contributed by atoms with van der Waals surface area (Å²) >= 11 is 0. The minimum Gasteiger partial charge on any atom is -0.481 e. The largest absolute Gasteiger partial charge is 0.481 e. The Labute approximate surface area is 143 Å². The van der Waals surface area contributed by atoms with Gasteiger partial charge in [0.25, 0.3) is 0 Å². The van der Waals surface area contributed by atoms with Crippen molar-refractivity contribution in [2.75, 3.05) is 13.1 Å². The molecule has 0 spiro atoms. The Balaban J connectivity index is 1.88. The van der Waals surface area contributed by atoms with E-state index in [1.54, 1.807) is 0 Å². The Hall–Kier alpha value is -1.94. The van der Waals surface area contributed by atoms with Crippen LogP contribution < -0.4 is 0 Å². The topological polar surface area (TPSA) is 53.4 Å². The van der Waals surface area contributed by atoms with Crippen molar-refractivity contribution < 1.29 is 9.90 Å². The molecule has 0 radical (unpaired) electrons. The van der Waals surface area contributed by atoms with Crippen LogP contribution in [0.15, 0.2) is 36.7 Å². The standard InChI is InChI=1S/C20H26N2O2/c1-2-3-6-19(22-11-4-5-18(14-22)20(23)24)16-7-8-17-13-21-10-9-15(17)12-16/h7-10,12-13,18-19H,2-6,11,14H2,1H3,(H,23,24). The molecule has 1 saturated heterocycles. The van der Waals surface area contributed by atoms with E-state index in [4.69, 9.17) is 0 Å². The van der Waals surface area contributed by atoms with E-state index >= 15 is 0 Å². The number of carbonyl (C=O) groups is 1. The number of likely N-dealkylation sites (tertiary alicyclic amines) is 1. The number of unbranched alkanes of at least 4 members (excludes halogenated alkanes) is 1. The second-order valence-corrected chi connectivity index (χ2v) is 6.81. The number of piperidine rings is 1. The lowest BCUT2D eigenvalue weighted by Gasteiger charge is -2.37. The summed E-state index contributed by atoms with van der Waals surface area (Å²) in [6.45, 7) is 3.87. The lowest BCUT2D eigenvalue weighted by molar-refractivity contribution is -0.144. The fraction of sp³-hybridized carbons (Fsp3) is 0.500.